The molecule has 0 bridgehead atoms. The van der Waals surface area contributed by atoms with Gasteiger partial charge in [-0.1, -0.05) is 19.4 Å². The Hall–Kier alpha value is -1.34. The third kappa shape index (κ3) is 2.32. The Morgan fingerprint density at radius 1 is 1.30 bits per heavy atom. The molecule has 0 N–H and O–H groups in total. The van der Waals surface area contributed by atoms with E-state index in [1.807, 2.05) is 20.8 Å². The van der Waals surface area contributed by atoms with Crippen LogP contribution < -0.4 is 0 Å². The number of carbonyl (C=O) groups is 3. The molecule has 0 amide bonds. The van der Waals surface area contributed by atoms with E-state index < -0.39 is 5.16 Å². The van der Waals surface area contributed by atoms with Crippen LogP contribution in [0.15, 0.2) is 33.9 Å². The number of rotatable bonds is 2. The molecule has 0 fully saturated rings. The molecule has 0 saturated heterocycles. The van der Waals surface area contributed by atoms with Gasteiger partial charge in [0.05, 0.1) is 0 Å². The van der Waals surface area contributed by atoms with E-state index in [1.165, 1.54) is 0 Å². The summed E-state index contributed by atoms with van der Waals surface area (Å²) in [5.74, 6) is 0.266. The first-order chi connectivity index (χ1) is 10.8. The highest BCUT2D eigenvalue weighted by molar-refractivity contribution is 7.19. The number of hydrogen-bond acceptors (Lipinski definition) is 3. The molecule has 0 spiro atoms. The fraction of sp³-hybridized carbons (Fsp3) is 0.526. The number of allylic oxidation sites excluding steroid dienone is 6. The van der Waals surface area contributed by atoms with Crippen molar-refractivity contribution >= 4 is 27.1 Å². The van der Waals surface area contributed by atoms with Crippen LogP contribution in [0.5, 0.6) is 0 Å². The molecule has 3 nitrogen and oxygen atoms in total. The van der Waals surface area contributed by atoms with Crippen LogP contribution in [0.2, 0.25) is 0 Å². The largest absolute Gasteiger partial charge is 0.298 e. The van der Waals surface area contributed by atoms with Crippen LogP contribution in [0.3, 0.4) is 0 Å². The standard InChI is InChI=1S/C19H23O3P/c1-10(2)14-8-16(21)17-13(18(14)22)4-5-15-11(3)12(9-20)6-7-19(15,17)23/h8-10,15H,4-7,23H2,1-3H3. The summed E-state index contributed by atoms with van der Waals surface area (Å²) in [7, 11) is 2.87. The predicted molar refractivity (Wildman–Crippen MR) is 93.1 cm³/mol. The molecule has 0 radical (unpaired) electrons. The molecule has 0 aromatic carbocycles. The number of carbonyl (C=O) groups excluding carboxylic acids is 3. The van der Waals surface area contributed by atoms with Crippen molar-refractivity contribution in [2.75, 3.05) is 0 Å². The second kappa shape index (κ2) is 5.63. The van der Waals surface area contributed by atoms with Crippen molar-refractivity contribution < 1.29 is 14.4 Å². The van der Waals surface area contributed by atoms with E-state index in [1.54, 1.807) is 6.08 Å². The van der Waals surface area contributed by atoms with Crippen molar-refractivity contribution in [3.05, 3.63) is 33.9 Å². The predicted octanol–water partition coefficient (Wildman–Crippen LogP) is 3.35. The molecule has 3 aliphatic carbocycles. The van der Waals surface area contributed by atoms with Gasteiger partial charge in [0.2, 0.25) is 0 Å². The molecule has 3 unspecified atom stereocenters. The summed E-state index contributed by atoms with van der Waals surface area (Å²) in [4.78, 5) is 36.9. The van der Waals surface area contributed by atoms with Gasteiger partial charge < -0.3 is 0 Å². The Labute approximate surface area is 139 Å². The lowest BCUT2D eigenvalue weighted by Gasteiger charge is -2.48. The monoisotopic (exact) mass is 330 g/mol. The second-order valence-corrected chi connectivity index (χ2v) is 8.29. The molecule has 0 saturated carbocycles. The lowest BCUT2D eigenvalue weighted by Crippen LogP contribution is -2.46. The summed E-state index contributed by atoms with van der Waals surface area (Å²) in [5, 5.41) is -0.393. The van der Waals surface area contributed by atoms with Gasteiger partial charge in [0.25, 0.3) is 0 Å². The minimum absolute atomic E-state index is 0.00893. The van der Waals surface area contributed by atoms with Crippen LogP contribution in [0.25, 0.3) is 0 Å². The normalized spacial score (nSPS) is 31.2. The minimum Gasteiger partial charge on any atom is -0.298 e. The molecule has 122 valence electrons. The van der Waals surface area contributed by atoms with Gasteiger partial charge in [0.15, 0.2) is 11.6 Å². The maximum Gasteiger partial charge on any atom is 0.185 e. The lowest BCUT2D eigenvalue weighted by atomic mass is 9.62. The highest BCUT2D eigenvalue weighted by Gasteiger charge is 2.50. The number of ketones is 2. The highest BCUT2D eigenvalue weighted by Crippen LogP contribution is 2.55. The van der Waals surface area contributed by atoms with Gasteiger partial charge in [-0.2, -0.15) is 0 Å². The Balaban J connectivity index is 2.11. The summed E-state index contributed by atoms with van der Waals surface area (Å²) >= 11 is 0. The summed E-state index contributed by atoms with van der Waals surface area (Å²) in [6.45, 7) is 5.91. The van der Waals surface area contributed by atoms with E-state index in [0.717, 1.165) is 35.8 Å². The van der Waals surface area contributed by atoms with E-state index in [4.69, 9.17) is 0 Å². The average Bonchev–Trinajstić information content (AvgIpc) is 2.50. The zero-order valence-corrected chi connectivity index (χ0v) is 15.1. The molecule has 0 aromatic heterocycles. The number of aldehydes is 1. The third-order valence-corrected chi connectivity index (χ3v) is 6.72. The summed E-state index contributed by atoms with van der Waals surface area (Å²) in [6, 6.07) is 0. The van der Waals surface area contributed by atoms with Crippen LogP contribution in [0, 0.1) is 11.8 Å². The van der Waals surface area contributed by atoms with Crippen molar-refractivity contribution in [3.8, 4) is 0 Å². The SMILES string of the molecule is CC1=C(C=O)CCC2(P)C3=C(CCC12)C(=O)C(C(C)C)=CC3=O. The Bertz CT molecular complexity index is 708. The van der Waals surface area contributed by atoms with Gasteiger partial charge in [-0.25, -0.2) is 0 Å². The summed E-state index contributed by atoms with van der Waals surface area (Å²) in [5.41, 5.74) is 4.00. The van der Waals surface area contributed by atoms with Gasteiger partial charge in [-0.3, -0.25) is 14.4 Å². The summed E-state index contributed by atoms with van der Waals surface area (Å²) < 4.78 is 0. The Kier molecular flexibility index (Phi) is 4.04. The molecular formula is C19H23O3P. The second-order valence-electron chi connectivity index (χ2n) is 7.26. The molecule has 0 heterocycles. The van der Waals surface area contributed by atoms with Gasteiger partial charge in [0, 0.05) is 21.9 Å². The molecule has 3 rings (SSSR count). The van der Waals surface area contributed by atoms with Crippen LogP contribution in [0.1, 0.15) is 46.5 Å². The maximum atomic E-state index is 12.8. The van der Waals surface area contributed by atoms with Crippen LogP contribution in [-0.2, 0) is 14.4 Å². The highest BCUT2D eigenvalue weighted by atomic mass is 31.0. The van der Waals surface area contributed by atoms with E-state index in [2.05, 4.69) is 9.24 Å². The van der Waals surface area contributed by atoms with Gasteiger partial charge in [0.1, 0.15) is 6.29 Å². The number of hydrogen-bond donors (Lipinski definition) is 0. The summed E-state index contributed by atoms with van der Waals surface area (Å²) in [6.07, 6.45) is 5.37. The van der Waals surface area contributed by atoms with Crippen LogP contribution in [-0.4, -0.2) is 23.0 Å². The van der Waals surface area contributed by atoms with Gasteiger partial charge in [-0.05, 0) is 56.1 Å². The quantitative estimate of drug-likeness (QED) is 0.443. The van der Waals surface area contributed by atoms with E-state index in [0.29, 0.717) is 24.0 Å². The zero-order chi connectivity index (χ0) is 16.9. The Morgan fingerprint density at radius 3 is 2.61 bits per heavy atom. The van der Waals surface area contributed by atoms with Crippen molar-refractivity contribution in [2.45, 2.75) is 51.6 Å². The average molecular weight is 330 g/mol. The Morgan fingerprint density at radius 2 is 2.00 bits per heavy atom. The molecule has 0 aliphatic heterocycles. The van der Waals surface area contributed by atoms with E-state index >= 15 is 0 Å². The third-order valence-electron chi connectivity index (χ3n) is 5.74. The molecular weight excluding hydrogens is 307 g/mol. The fourth-order valence-corrected chi connectivity index (χ4v) is 5.31. The first-order valence-electron chi connectivity index (χ1n) is 8.29. The van der Waals surface area contributed by atoms with Crippen molar-refractivity contribution in [2.24, 2.45) is 11.8 Å². The van der Waals surface area contributed by atoms with Crippen molar-refractivity contribution in [1.82, 2.24) is 0 Å². The maximum absolute atomic E-state index is 12.8. The van der Waals surface area contributed by atoms with Gasteiger partial charge in [-0.15, -0.1) is 9.24 Å². The molecule has 23 heavy (non-hydrogen) atoms. The van der Waals surface area contributed by atoms with Crippen molar-refractivity contribution in [3.63, 3.8) is 0 Å². The zero-order valence-electron chi connectivity index (χ0n) is 13.9. The minimum atomic E-state index is -0.393. The smallest absolute Gasteiger partial charge is 0.185 e. The molecule has 3 aliphatic rings. The number of fused-ring (bicyclic) bond motifs is 2. The van der Waals surface area contributed by atoms with Gasteiger partial charge >= 0.3 is 0 Å². The fourth-order valence-electron chi connectivity index (χ4n) is 4.43. The first kappa shape index (κ1) is 16.5. The van der Waals surface area contributed by atoms with Crippen LogP contribution in [0.4, 0.5) is 0 Å². The topological polar surface area (TPSA) is 51.2 Å². The first-order valence-corrected chi connectivity index (χ1v) is 8.87. The molecule has 4 heteroatoms. The molecule has 3 atom stereocenters. The van der Waals surface area contributed by atoms with E-state index in [9.17, 15) is 14.4 Å². The number of Topliss-reactive ketones (excluding diaryl/α,β-unsaturated/α-hetero) is 1. The van der Waals surface area contributed by atoms with Crippen LogP contribution >= 0.6 is 9.24 Å². The lowest BCUT2D eigenvalue weighted by molar-refractivity contribution is -0.117. The van der Waals surface area contributed by atoms with Crippen molar-refractivity contribution in [1.29, 1.82) is 0 Å². The van der Waals surface area contributed by atoms with E-state index in [-0.39, 0.29) is 23.4 Å². The molecule has 0 aromatic rings.